The molecule has 1 rings (SSSR count). The predicted octanol–water partition coefficient (Wildman–Crippen LogP) is 1.33. The number of aliphatic carboxylic acids is 1. The van der Waals surface area contributed by atoms with Gasteiger partial charge < -0.3 is 14.6 Å². The molecule has 0 aromatic heterocycles. The average molecular weight is 255 g/mol. The molecule has 1 aromatic carbocycles. The molecule has 0 atom stereocenters. The molecule has 1 aromatic rings. The Morgan fingerprint density at radius 1 is 1.22 bits per heavy atom. The molecule has 0 amide bonds. The van der Waals surface area contributed by atoms with Crippen LogP contribution in [0, 0.1) is 10.1 Å². The largest absolute Gasteiger partial charge is 0.509 e. The van der Waals surface area contributed by atoms with Crippen molar-refractivity contribution in [2.75, 3.05) is 6.61 Å². The lowest BCUT2D eigenvalue weighted by Crippen LogP contribution is -2.14. The van der Waals surface area contributed by atoms with E-state index in [1.54, 1.807) is 0 Å². The summed E-state index contributed by atoms with van der Waals surface area (Å²) in [4.78, 5) is 30.8. The number of hydrogen-bond donors (Lipinski definition) is 1. The van der Waals surface area contributed by atoms with Crippen LogP contribution in [-0.2, 0) is 20.9 Å². The summed E-state index contributed by atoms with van der Waals surface area (Å²) in [6, 6.07) is 5.37. The number of carboxylic acids is 1. The van der Waals surface area contributed by atoms with Crippen molar-refractivity contribution in [3.8, 4) is 0 Å². The van der Waals surface area contributed by atoms with Crippen LogP contribution in [0.4, 0.5) is 10.5 Å². The zero-order valence-corrected chi connectivity index (χ0v) is 9.07. The van der Waals surface area contributed by atoms with Gasteiger partial charge in [0.15, 0.2) is 6.61 Å². The molecule has 8 nitrogen and oxygen atoms in total. The van der Waals surface area contributed by atoms with Gasteiger partial charge >= 0.3 is 12.1 Å². The minimum atomic E-state index is -1.29. The van der Waals surface area contributed by atoms with E-state index in [1.807, 2.05) is 0 Å². The normalized spacial score (nSPS) is 9.56. The molecule has 96 valence electrons. The highest BCUT2D eigenvalue weighted by molar-refractivity contribution is 5.71. The zero-order valence-electron chi connectivity index (χ0n) is 9.07. The molecule has 0 heterocycles. The maximum absolute atomic E-state index is 10.9. The molecule has 0 aliphatic rings. The maximum atomic E-state index is 10.9. The highest BCUT2D eigenvalue weighted by Crippen LogP contribution is 2.12. The zero-order chi connectivity index (χ0) is 13.5. The van der Waals surface area contributed by atoms with E-state index in [4.69, 9.17) is 5.11 Å². The van der Waals surface area contributed by atoms with E-state index < -0.39 is 23.7 Å². The maximum Gasteiger partial charge on any atom is 0.509 e. The number of nitro benzene ring substituents is 1. The van der Waals surface area contributed by atoms with Gasteiger partial charge in [-0.3, -0.25) is 10.1 Å². The van der Waals surface area contributed by atoms with Crippen molar-refractivity contribution in [3.05, 3.63) is 39.9 Å². The Kier molecular flexibility index (Phi) is 4.61. The minimum absolute atomic E-state index is 0.0767. The fraction of sp³-hybridized carbons (Fsp3) is 0.200. The first-order valence-corrected chi connectivity index (χ1v) is 4.73. The highest BCUT2D eigenvalue weighted by atomic mass is 16.7. The van der Waals surface area contributed by atoms with Gasteiger partial charge in [-0.2, -0.15) is 0 Å². The van der Waals surface area contributed by atoms with Gasteiger partial charge in [-0.05, 0) is 17.7 Å². The topological polar surface area (TPSA) is 116 Å². The molecular weight excluding hydrogens is 246 g/mol. The number of hydrogen-bond acceptors (Lipinski definition) is 6. The molecule has 0 spiro atoms. The van der Waals surface area contributed by atoms with Crippen LogP contribution >= 0.6 is 0 Å². The van der Waals surface area contributed by atoms with Gasteiger partial charge in [-0.1, -0.05) is 0 Å². The number of nitro groups is 1. The number of carbonyl (C=O) groups is 2. The molecule has 18 heavy (non-hydrogen) atoms. The lowest BCUT2D eigenvalue weighted by molar-refractivity contribution is -0.384. The van der Waals surface area contributed by atoms with Crippen LogP contribution < -0.4 is 0 Å². The molecule has 0 aliphatic heterocycles. The summed E-state index contributed by atoms with van der Waals surface area (Å²) >= 11 is 0. The third-order valence-corrected chi connectivity index (χ3v) is 1.82. The summed E-state index contributed by atoms with van der Waals surface area (Å²) < 4.78 is 8.80. The van der Waals surface area contributed by atoms with Gasteiger partial charge in [0.25, 0.3) is 5.69 Å². The van der Waals surface area contributed by atoms with E-state index in [0.29, 0.717) is 5.56 Å². The van der Waals surface area contributed by atoms with Crippen molar-refractivity contribution in [2.45, 2.75) is 6.61 Å². The second kappa shape index (κ2) is 6.18. The second-order valence-corrected chi connectivity index (χ2v) is 3.14. The van der Waals surface area contributed by atoms with Gasteiger partial charge in [0.1, 0.15) is 6.61 Å². The highest BCUT2D eigenvalue weighted by Gasteiger charge is 2.08. The smallest absolute Gasteiger partial charge is 0.479 e. The van der Waals surface area contributed by atoms with Crippen LogP contribution in [0.3, 0.4) is 0 Å². The summed E-state index contributed by atoms with van der Waals surface area (Å²) in [6.45, 7) is -0.935. The number of ether oxygens (including phenoxy) is 2. The number of benzene rings is 1. The van der Waals surface area contributed by atoms with Crippen molar-refractivity contribution in [2.24, 2.45) is 0 Å². The Morgan fingerprint density at radius 3 is 2.33 bits per heavy atom. The van der Waals surface area contributed by atoms with Gasteiger partial charge in [-0.25, -0.2) is 9.59 Å². The number of carbonyl (C=O) groups excluding carboxylic acids is 1. The van der Waals surface area contributed by atoms with E-state index >= 15 is 0 Å². The van der Waals surface area contributed by atoms with Gasteiger partial charge in [0, 0.05) is 12.1 Å². The Labute approximate surface area is 101 Å². The van der Waals surface area contributed by atoms with Gasteiger partial charge in [0.2, 0.25) is 0 Å². The van der Waals surface area contributed by atoms with Crippen molar-refractivity contribution in [1.29, 1.82) is 0 Å². The van der Waals surface area contributed by atoms with E-state index in [2.05, 4.69) is 9.47 Å². The van der Waals surface area contributed by atoms with Crippen LogP contribution in [0.15, 0.2) is 24.3 Å². The fourth-order valence-corrected chi connectivity index (χ4v) is 1.02. The minimum Gasteiger partial charge on any atom is -0.479 e. The molecule has 0 radical (unpaired) electrons. The average Bonchev–Trinajstić information content (AvgIpc) is 2.34. The van der Waals surface area contributed by atoms with E-state index in [9.17, 15) is 19.7 Å². The Morgan fingerprint density at radius 2 is 1.83 bits per heavy atom. The number of carboxylic acid groups (broad SMARTS) is 1. The lowest BCUT2D eigenvalue weighted by Gasteiger charge is -2.04. The molecular formula is C10H9NO7. The lowest BCUT2D eigenvalue weighted by atomic mass is 10.2. The quantitative estimate of drug-likeness (QED) is 0.479. The van der Waals surface area contributed by atoms with E-state index in [0.717, 1.165) is 0 Å². The Hall–Kier alpha value is -2.64. The first-order chi connectivity index (χ1) is 8.49. The number of nitrogens with zero attached hydrogens (tertiary/aromatic N) is 1. The first kappa shape index (κ1) is 13.4. The molecule has 1 N–H and O–H groups in total. The summed E-state index contributed by atoms with van der Waals surface area (Å²) in [6.07, 6.45) is -1.12. The van der Waals surface area contributed by atoms with Crippen LogP contribution in [0.25, 0.3) is 0 Å². The first-order valence-electron chi connectivity index (χ1n) is 4.73. The third kappa shape index (κ3) is 4.47. The van der Waals surface area contributed by atoms with Crippen molar-refractivity contribution >= 4 is 17.8 Å². The van der Waals surface area contributed by atoms with Crippen molar-refractivity contribution in [1.82, 2.24) is 0 Å². The van der Waals surface area contributed by atoms with Gasteiger partial charge in [-0.15, -0.1) is 0 Å². The third-order valence-electron chi connectivity index (χ3n) is 1.82. The second-order valence-electron chi connectivity index (χ2n) is 3.14. The molecule has 8 heteroatoms. The van der Waals surface area contributed by atoms with Crippen LogP contribution in [0.1, 0.15) is 5.56 Å². The van der Waals surface area contributed by atoms with Crippen LogP contribution in [0.2, 0.25) is 0 Å². The predicted molar refractivity (Wildman–Crippen MR) is 56.9 cm³/mol. The van der Waals surface area contributed by atoms with Gasteiger partial charge in [0.05, 0.1) is 4.92 Å². The Bertz CT molecular complexity index is 454. The van der Waals surface area contributed by atoms with E-state index in [1.165, 1.54) is 24.3 Å². The number of rotatable bonds is 5. The molecule has 0 saturated carbocycles. The summed E-state index contributed by atoms with van der Waals surface area (Å²) in [5, 5.41) is 18.6. The number of non-ortho nitro benzene ring substituents is 1. The summed E-state index contributed by atoms with van der Waals surface area (Å²) in [7, 11) is 0. The SMILES string of the molecule is O=C(O)COC(=O)OCc1ccc([N+](=O)[O-])cc1. The summed E-state index contributed by atoms with van der Waals surface area (Å²) in [5.74, 6) is -1.29. The van der Waals surface area contributed by atoms with E-state index in [-0.39, 0.29) is 12.3 Å². The Balaban J connectivity index is 2.41. The monoisotopic (exact) mass is 255 g/mol. The molecule has 0 bridgehead atoms. The molecule has 0 unspecified atom stereocenters. The van der Waals surface area contributed by atoms with Crippen LogP contribution in [0.5, 0.6) is 0 Å². The molecule has 0 aliphatic carbocycles. The summed E-state index contributed by atoms with van der Waals surface area (Å²) in [5.41, 5.74) is 0.445. The molecule has 0 fully saturated rings. The standard InChI is InChI=1S/C10H9NO7/c12-9(13)6-18-10(14)17-5-7-1-3-8(4-2-7)11(15)16/h1-4H,5-6H2,(H,12,13). The van der Waals surface area contributed by atoms with Crippen molar-refractivity contribution in [3.63, 3.8) is 0 Å². The fourth-order valence-electron chi connectivity index (χ4n) is 1.02. The van der Waals surface area contributed by atoms with Crippen LogP contribution in [-0.4, -0.2) is 28.8 Å². The van der Waals surface area contributed by atoms with Crippen molar-refractivity contribution < 1.29 is 29.1 Å². The molecule has 0 saturated heterocycles.